The minimum Gasteiger partial charge on any atom is -0.337 e. The first-order valence-corrected chi connectivity index (χ1v) is 8.14. The van der Waals surface area contributed by atoms with E-state index in [4.69, 9.17) is 4.52 Å². The van der Waals surface area contributed by atoms with Gasteiger partial charge >= 0.3 is 0 Å². The van der Waals surface area contributed by atoms with E-state index in [1.807, 2.05) is 0 Å². The van der Waals surface area contributed by atoms with Gasteiger partial charge < -0.3 is 4.52 Å². The summed E-state index contributed by atoms with van der Waals surface area (Å²) < 4.78 is 8.70. The maximum absolute atomic E-state index is 12.5. The van der Waals surface area contributed by atoms with Crippen LogP contribution >= 0.6 is 15.9 Å². The Hall–Kier alpha value is -2.03. The molecular formula is C14H17BrN6O2. The van der Waals surface area contributed by atoms with Gasteiger partial charge in [-0.2, -0.15) is 10.1 Å². The van der Waals surface area contributed by atoms with Crippen LogP contribution in [0.5, 0.6) is 0 Å². The summed E-state index contributed by atoms with van der Waals surface area (Å²) in [5.74, 6) is 1.64. The second-order valence-electron chi connectivity index (χ2n) is 5.83. The highest BCUT2D eigenvalue weighted by Crippen LogP contribution is 2.17. The number of fused-ring (bicyclic) bond motifs is 1. The fourth-order valence-electron chi connectivity index (χ4n) is 2.27. The molecule has 3 aromatic heterocycles. The molecule has 3 aromatic rings. The first-order valence-electron chi connectivity index (χ1n) is 7.34. The summed E-state index contributed by atoms with van der Waals surface area (Å²) in [5.41, 5.74) is 0.332. The lowest BCUT2D eigenvalue weighted by Gasteiger charge is -2.01. The molecule has 122 valence electrons. The van der Waals surface area contributed by atoms with Gasteiger partial charge in [0.25, 0.3) is 5.56 Å². The predicted octanol–water partition coefficient (Wildman–Crippen LogP) is 1.91. The minimum absolute atomic E-state index is 0.192. The standard InChI is InChI=1S/C14H17BrN6O2/c1-8(2)4-5-9-17-10(23-19-9)6-21-7-16-13-11(14(21)22)12(15)18-20(13)3/h7-8H,4-6H2,1-3H3. The van der Waals surface area contributed by atoms with Gasteiger partial charge in [0, 0.05) is 13.5 Å². The van der Waals surface area contributed by atoms with Crippen molar-refractivity contribution in [2.45, 2.75) is 33.2 Å². The van der Waals surface area contributed by atoms with Crippen molar-refractivity contribution in [3.05, 3.63) is 33.0 Å². The molecule has 0 fully saturated rings. The Morgan fingerprint density at radius 1 is 1.39 bits per heavy atom. The zero-order chi connectivity index (χ0) is 16.6. The molecular weight excluding hydrogens is 364 g/mol. The van der Waals surface area contributed by atoms with E-state index in [1.165, 1.54) is 10.9 Å². The zero-order valence-corrected chi connectivity index (χ0v) is 14.7. The third-order valence-electron chi connectivity index (χ3n) is 3.53. The predicted molar refractivity (Wildman–Crippen MR) is 87.0 cm³/mol. The van der Waals surface area contributed by atoms with Crippen molar-refractivity contribution in [1.29, 1.82) is 0 Å². The maximum Gasteiger partial charge on any atom is 0.266 e. The molecule has 0 N–H and O–H groups in total. The second kappa shape index (κ2) is 6.23. The average Bonchev–Trinajstić information content (AvgIpc) is 3.05. The lowest BCUT2D eigenvalue weighted by atomic mass is 10.1. The van der Waals surface area contributed by atoms with Crippen LogP contribution in [-0.4, -0.2) is 29.5 Å². The molecule has 0 bridgehead atoms. The van der Waals surface area contributed by atoms with Gasteiger partial charge in [-0.05, 0) is 28.3 Å². The van der Waals surface area contributed by atoms with Crippen LogP contribution in [0.1, 0.15) is 32.0 Å². The first-order chi connectivity index (χ1) is 11.0. The summed E-state index contributed by atoms with van der Waals surface area (Å²) in [6.07, 6.45) is 3.23. The molecule has 3 heterocycles. The van der Waals surface area contributed by atoms with Crippen LogP contribution in [0.3, 0.4) is 0 Å². The Morgan fingerprint density at radius 3 is 2.91 bits per heavy atom. The van der Waals surface area contributed by atoms with E-state index in [2.05, 4.69) is 50.0 Å². The Balaban J connectivity index is 1.86. The molecule has 0 aliphatic carbocycles. The lowest BCUT2D eigenvalue weighted by Crippen LogP contribution is -2.21. The topological polar surface area (TPSA) is 91.6 Å². The Morgan fingerprint density at radius 2 is 2.17 bits per heavy atom. The molecule has 0 aromatic carbocycles. The molecule has 0 atom stereocenters. The van der Waals surface area contributed by atoms with Crippen molar-refractivity contribution in [2.24, 2.45) is 13.0 Å². The van der Waals surface area contributed by atoms with Crippen molar-refractivity contribution in [2.75, 3.05) is 0 Å². The van der Waals surface area contributed by atoms with E-state index < -0.39 is 0 Å². The van der Waals surface area contributed by atoms with Gasteiger partial charge in [-0.25, -0.2) is 9.67 Å². The number of rotatable bonds is 5. The van der Waals surface area contributed by atoms with Crippen molar-refractivity contribution in [3.63, 3.8) is 0 Å². The zero-order valence-electron chi connectivity index (χ0n) is 13.2. The van der Waals surface area contributed by atoms with E-state index in [1.54, 1.807) is 11.7 Å². The largest absolute Gasteiger partial charge is 0.337 e. The average molecular weight is 381 g/mol. The highest BCUT2D eigenvalue weighted by Gasteiger charge is 2.15. The molecule has 0 spiro atoms. The van der Waals surface area contributed by atoms with Crippen LogP contribution in [0.4, 0.5) is 0 Å². The van der Waals surface area contributed by atoms with Gasteiger partial charge in [-0.1, -0.05) is 19.0 Å². The van der Waals surface area contributed by atoms with E-state index >= 15 is 0 Å². The summed E-state index contributed by atoms with van der Waals surface area (Å²) >= 11 is 3.29. The highest BCUT2D eigenvalue weighted by atomic mass is 79.9. The van der Waals surface area contributed by atoms with Crippen molar-refractivity contribution >= 4 is 27.0 Å². The fraction of sp³-hybridized carbons (Fsp3) is 0.500. The van der Waals surface area contributed by atoms with Gasteiger partial charge in [-0.15, -0.1) is 0 Å². The monoisotopic (exact) mass is 380 g/mol. The molecule has 9 heteroatoms. The summed E-state index contributed by atoms with van der Waals surface area (Å²) in [4.78, 5) is 21.1. The third-order valence-corrected chi connectivity index (χ3v) is 4.08. The molecule has 8 nitrogen and oxygen atoms in total. The van der Waals surface area contributed by atoms with Gasteiger partial charge in [-0.3, -0.25) is 9.36 Å². The third kappa shape index (κ3) is 3.19. The molecule has 0 radical (unpaired) electrons. The summed E-state index contributed by atoms with van der Waals surface area (Å²) in [6.45, 7) is 4.48. The fourth-order valence-corrected chi connectivity index (χ4v) is 2.85. The quantitative estimate of drug-likeness (QED) is 0.671. The van der Waals surface area contributed by atoms with Crippen LogP contribution in [0.25, 0.3) is 11.0 Å². The van der Waals surface area contributed by atoms with Crippen molar-refractivity contribution in [1.82, 2.24) is 29.5 Å². The van der Waals surface area contributed by atoms with Crippen LogP contribution in [0.2, 0.25) is 0 Å². The number of aryl methyl sites for hydroxylation is 2. The summed E-state index contributed by atoms with van der Waals surface area (Å²) in [5, 5.41) is 8.54. The van der Waals surface area contributed by atoms with E-state index in [-0.39, 0.29) is 12.1 Å². The SMILES string of the molecule is CC(C)CCc1noc(Cn2cnc3c(c(Br)nn3C)c2=O)n1. The number of halogens is 1. The smallest absolute Gasteiger partial charge is 0.266 e. The van der Waals surface area contributed by atoms with Crippen LogP contribution in [0, 0.1) is 5.92 Å². The van der Waals surface area contributed by atoms with E-state index in [9.17, 15) is 4.79 Å². The van der Waals surface area contributed by atoms with Gasteiger partial charge in [0.15, 0.2) is 11.5 Å². The number of hydrogen-bond acceptors (Lipinski definition) is 6. The number of nitrogens with zero attached hydrogens (tertiary/aromatic N) is 6. The van der Waals surface area contributed by atoms with Crippen LogP contribution < -0.4 is 5.56 Å². The Labute approximate surface area is 140 Å². The lowest BCUT2D eigenvalue weighted by molar-refractivity contribution is 0.363. The van der Waals surface area contributed by atoms with Gasteiger partial charge in [0.05, 0.1) is 0 Å². The molecule has 0 aliphatic heterocycles. The van der Waals surface area contributed by atoms with Crippen molar-refractivity contribution < 1.29 is 4.52 Å². The van der Waals surface area contributed by atoms with Crippen LogP contribution in [0.15, 0.2) is 20.2 Å². The second-order valence-corrected chi connectivity index (χ2v) is 6.58. The van der Waals surface area contributed by atoms with Gasteiger partial charge in [0.1, 0.15) is 22.9 Å². The summed E-state index contributed by atoms with van der Waals surface area (Å²) in [6, 6.07) is 0. The molecule has 0 saturated heterocycles. The molecule has 23 heavy (non-hydrogen) atoms. The maximum atomic E-state index is 12.5. The molecule has 0 aliphatic rings. The Kier molecular flexibility index (Phi) is 4.29. The number of aromatic nitrogens is 6. The van der Waals surface area contributed by atoms with Crippen molar-refractivity contribution in [3.8, 4) is 0 Å². The highest BCUT2D eigenvalue weighted by molar-refractivity contribution is 9.10. The molecule has 0 unspecified atom stereocenters. The van der Waals surface area contributed by atoms with E-state index in [0.717, 1.165) is 12.8 Å². The molecule has 3 rings (SSSR count). The molecule has 0 saturated carbocycles. The van der Waals surface area contributed by atoms with E-state index in [0.29, 0.717) is 33.3 Å². The minimum atomic E-state index is -0.197. The summed E-state index contributed by atoms with van der Waals surface area (Å²) in [7, 11) is 1.74. The van der Waals surface area contributed by atoms with Crippen LogP contribution in [-0.2, 0) is 20.0 Å². The first kappa shape index (κ1) is 15.9. The molecule has 0 amide bonds. The van der Waals surface area contributed by atoms with Gasteiger partial charge in [0.2, 0.25) is 5.89 Å². The normalized spacial score (nSPS) is 11.7. The Bertz CT molecular complexity index is 894. The number of hydrogen-bond donors (Lipinski definition) is 0.